The smallest absolute Gasteiger partial charge is 0.116 e. The molecule has 4 aromatic rings. The zero-order valence-corrected chi connectivity index (χ0v) is 11.7. The van der Waals surface area contributed by atoms with Crippen LogP contribution >= 0.6 is 0 Å². The van der Waals surface area contributed by atoms with Crippen LogP contribution in [0.2, 0.25) is 0 Å². The van der Waals surface area contributed by atoms with Gasteiger partial charge in [0.2, 0.25) is 0 Å². The summed E-state index contributed by atoms with van der Waals surface area (Å²) in [6.45, 7) is 0. The molecule has 0 atom stereocenters. The second-order valence-corrected chi connectivity index (χ2v) is 5.32. The number of benzene rings is 3. The first-order chi connectivity index (χ1) is 10.7. The molecular weight excluding hydrogens is 272 g/mol. The summed E-state index contributed by atoms with van der Waals surface area (Å²) in [4.78, 5) is 3.25. The number of aromatic hydroxyl groups is 1. The molecule has 0 unspecified atom stereocenters. The highest BCUT2D eigenvalue weighted by Gasteiger charge is 2.08. The zero-order valence-electron chi connectivity index (χ0n) is 11.7. The molecule has 0 spiro atoms. The molecule has 0 aliphatic heterocycles. The van der Waals surface area contributed by atoms with Crippen LogP contribution in [0.4, 0.5) is 0 Å². The van der Waals surface area contributed by atoms with E-state index < -0.39 is 0 Å². The highest BCUT2D eigenvalue weighted by molar-refractivity contribution is 5.98. The summed E-state index contributed by atoms with van der Waals surface area (Å²) in [5, 5.41) is 21.7. The van der Waals surface area contributed by atoms with Gasteiger partial charge in [0.25, 0.3) is 0 Å². The van der Waals surface area contributed by atoms with Crippen molar-refractivity contribution < 1.29 is 5.11 Å². The van der Waals surface area contributed by atoms with Crippen molar-refractivity contribution in [3.8, 4) is 22.9 Å². The normalized spacial score (nSPS) is 10.9. The van der Waals surface area contributed by atoms with E-state index in [0.717, 1.165) is 32.8 Å². The van der Waals surface area contributed by atoms with Crippen molar-refractivity contribution in [1.29, 1.82) is 5.26 Å². The second kappa shape index (κ2) is 4.64. The number of aromatic amines is 1. The lowest BCUT2D eigenvalue weighted by molar-refractivity contribution is 0.476. The minimum atomic E-state index is 0.269. The number of rotatable bonds is 1. The van der Waals surface area contributed by atoms with Gasteiger partial charge in [0.15, 0.2) is 0 Å². The van der Waals surface area contributed by atoms with Crippen molar-refractivity contribution >= 4 is 21.7 Å². The molecule has 104 valence electrons. The van der Waals surface area contributed by atoms with Gasteiger partial charge in [-0.15, -0.1) is 0 Å². The minimum absolute atomic E-state index is 0.269. The molecule has 0 saturated carbocycles. The van der Waals surface area contributed by atoms with Crippen LogP contribution in [-0.4, -0.2) is 10.1 Å². The first-order valence-electron chi connectivity index (χ1n) is 6.99. The number of fused-ring (bicyclic) bond motifs is 2. The molecule has 3 nitrogen and oxygen atoms in total. The van der Waals surface area contributed by atoms with Gasteiger partial charge in [0, 0.05) is 22.7 Å². The SMILES string of the molecule is N#Cc1ccc2[nH]cc(-c3ccc4cc(O)ccc4c3)c2c1. The van der Waals surface area contributed by atoms with Crippen LogP contribution in [0, 0.1) is 11.3 Å². The van der Waals surface area contributed by atoms with Crippen molar-refractivity contribution in [2.75, 3.05) is 0 Å². The Morgan fingerprint density at radius 3 is 2.59 bits per heavy atom. The van der Waals surface area contributed by atoms with E-state index in [2.05, 4.69) is 17.1 Å². The van der Waals surface area contributed by atoms with Crippen molar-refractivity contribution in [1.82, 2.24) is 4.98 Å². The van der Waals surface area contributed by atoms with Gasteiger partial charge in [-0.2, -0.15) is 5.26 Å². The summed E-state index contributed by atoms with van der Waals surface area (Å²) in [5.41, 5.74) is 3.82. The fourth-order valence-corrected chi connectivity index (χ4v) is 2.83. The number of H-pyrrole nitrogens is 1. The van der Waals surface area contributed by atoms with Crippen LogP contribution in [0.25, 0.3) is 32.8 Å². The predicted molar refractivity (Wildman–Crippen MR) is 87.6 cm³/mol. The number of phenolic OH excluding ortho intramolecular Hbond substituents is 1. The van der Waals surface area contributed by atoms with E-state index in [1.807, 2.05) is 42.6 Å². The summed E-state index contributed by atoms with van der Waals surface area (Å²) in [5.74, 6) is 0.269. The summed E-state index contributed by atoms with van der Waals surface area (Å²) < 4.78 is 0. The zero-order chi connectivity index (χ0) is 15.1. The fraction of sp³-hybridized carbons (Fsp3) is 0. The number of aromatic nitrogens is 1. The van der Waals surface area contributed by atoms with Gasteiger partial charge < -0.3 is 10.1 Å². The number of hydrogen-bond donors (Lipinski definition) is 2. The van der Waals surface area contributed by atoms with E-state index in [4.69, 9.17) is 5.26 Å². The molecule has 0 aliphatic rings. The number of nitrogens with zero attached hydrogens (tertiary/aromatic N) is 1. The number of nitriles is 1. The average Bonchev–Trinajstić information content (AvgIpc) is 2.97. The lowest BCUT2D eigenvalue weighted by Gasteiger charge is -2.04. The van der Waals surface area contributed by atoms with Gasteiger partial charge in [-0.05, 0) is 52.7 Å². The first kappa shape index (κ1) is 12.5. The van der Waals surface area contributed by atoms with E-state index in [1.54, 1.807) is 12.1 Å². The Morgan fingerprint density at radius 2 is 1.73 bits per heavy atom. The van der Waals surface area contributed by atoms with Crippen LogP contribution in [0.15, 0.2) is 60.8 Å². The second-order valence-electron chi connectivity index (χ2n) is 5.32. The molecule has 0 bridgehead atoms. The third kappa shape index (κ3) is 1.90. The minimum Gasteiger partial charge on any atom is -0.508 e. The Balaban J connectivity index is 1.95. The molecule has 1 heterocycles. The number of phenols is 1. The molecule has 3 aromatic carbocycles. The summed E-state index contributed by atoms with van der Waals surface area (Å²) in [6, 6.07) is 19.3. The third-order valence-electron chi connectivity index (χ3n) is 3.95. The molecule has 3 heteroatoms. The lowest BCUT2D eigenvalue weighted by Crippen LogP contribution is -1.79. The predicted octanol–water partition coefficient (Wildman–Crippen LogP) is 4.57. The summed E-state index contributed by atoms with van der Waals surface area (Å²) in [7, 11) is 0. The van der Waals surface area contributed by atoms with Crippen LogP contribution < -0.4 is 0 Å². The van der Waals surface area contributed by atoms with Crippen molar-refractivity contribution in [2.45, 2.75) is 0 Å². The lowest BCUT2D eigenvalue weighted by atomic mass is 10.00. The largest absolute Gasteiger partial charge is 0.508 e. The van der Waals surface area contributed by atoms with E-state index in [-0.39, 0.29) is 5.75 Å². The van der Waals surface area contributed by atoms with E-state index in [1.165, 1.54) is 0 Å². The van der Waals surface area contributed by atoms with Gasteiger partial charge in [-0.1, -0.05) is 18.2 Å². The summed E-state index contributed by atoms with van der Waals surface area (Å²) in [6.07, 6.45) is 1.97. The molecular formula is C19H12N2O. The fourth-order valence-electron chi connectivity index (χ4n) is 2.83. The third-order valence-corrected chi connectivity index (χ3v) is 3.95. The number of nitrogens with one attached hydrogen (secondary N) is 1. The molecule has 1 aromatic heterocycles. The Hall–Kier alpha value is -3.25. The van der Waals surface area contributed by atoms with Crippen molar-refractivity contribution in [2.24, 2.45) is 0 Å². The maximum Gasteiger partial charge on any atom is 0.116 e. The van der Waals surface area contributed by atoms with E-state index in [9.17, 15) is 5.11 Å². The molecule has 0 aliphatic carbocycles. The molecule has 0 fully saturated rings. The quantitative estimate of drug-likeness (QED) is 0.538. The van der Waals surface area contributed by atoms with Crippen LogP contribution in [0.5, 0.6) is 5.75 Å². The van der Waals surface area contributed by atoms with Crippen molar-refractivity contribution in [3.05, 3.63) is 66.4 Å². The van der Waals surface area contributed by atoms with Crippen LogP contribution in [0.3, 0.4) is 0 Å². The Kier molecular flexibility index (Phi) is 2.64. The van der Waals surface area contributed by atoms with E-state index >= 15 is 0 Å². The standard InChI is InChI=1S/C19H12N2O/c20-10-12-1-6-19-17(7-12)18(11-21-19)15-3-2-14-9-16(22)5-4-13(14)8-15/h1-9,11,21-22H. The molecule has 0 saturated heterocycles. The average molecular weight is 284 g/mol. The molecule has 0 radical (unpaired) electrons. The first-order valence-corrected chi connectivity index (χ1v) is 6.99. The molecule has 22 heavy (non-hydrogen) atoms. The Bertz CT molecular complexity index is 1050. The van der Waals surface area contributed by atoms with Gasteiger partial charge in [-0.3, -0.25) is 0 Å². The van der Waals surface area contributed by atoms with Crippen molar-refractivity contribution in [3.63, 3.8) is 0 Å². The maximum absolute atomic E-state index is 9.55. The Labute approximate surface area is 127 Å². The number of hydrogen-bond acceptors (Lipinski definition) is 2. The Morgan fingerprint density at radius 1 is 0.909 bits per heavy atom. The van der Waals surface area contributed by atoms with Crippen LogP contribution in [-0.2, 0) is 0 Å². The van der Waals surface area contributed by atoms with Crippen LogP contribution in [0.1, 0.15) is 5.56 Å². The monoisotopic (exact) mass is 284 g/mol. The summed E-state index contributed by atoms with van der Waals surface area (Å²) >= 11 is 0. The maximum atomic E-state index is 9.55. The highest BCUT2D eigenvalue weighted by atomic mass is 16.3. The van der Waals surface area contributed by atoms with E-state index in [0.29, 0.717) is 5.56 Å². The molecule has 2 N–H and O–H groups in total. The highest BCUT2D eigenvalue weighted by Crippen LogP contribution is 2.32. The van der Waals surface area contributed by atoms with Gasteiger partial charge in [-0.25, -0.2) is 0 Å². The molecule has 4 rings (SSSR count). The topological polar surface area (TPSA) is 59.8 Å². The van der Waals surface area contributed by atoms with Gasteiger partial charge in [0.05, 0.1) is 11.6 Å². The van der Waals surface area contributed by atoms with Gasteiger partial charge >= 0.3 is 0 Å². The van der Waals surface area contributed by atoms with Gasteiger partial charge in [0.1, 0.15) is 5.75 Å². The molecule has 0 amide bonds.